The Hall–Kier alpha value is -1.66. The van der Waals surface area contributed by atoms with Crippen molar-refractivity contribution in [3.05, 3.63) is 28.5 Å². The van der Waals surface area contributed by atoms with E-state index in [9.17, 15) is 0 Å². The number of furan rings is 1. The zero-order valence-electron chi connectivity index (χ0n) is 9.00. The average Bonchev–Trinajstić information content (AvgIpc) is 2.65. The Morgan fingerprint density at radius 1 is 1.50 bits per heavy atom. The number of aryl methyl sites for hydroxylation is 1. The Balaban J connectivity index is 2.77. The molecule has 1 heterocycles. The molecule has 0 aliphatic carbocycles. The molecule has 0 fully saturated rings. The minimum Gasteiger partial charge on any atom is -0.493 e. The molecular weight excluding hydrogens is 226 g/mol. The van der Waals surface area contributed by atoms with E-state index in [-0.39, 0.29) is 6.42 Å². The Morgan fingerprint density at radius 2 is 2.25 bits per heavy atom. The van der Waals surface area contributed by atoms with Crippen molar-refractivity contribution in [2.24, 2.45) is 0 Å². The first-order valence-corrected chi connectivity index (χ1v) is 5.17. The second-order valence-electron chi connectivity index (χ2n) is 3.49. The maximum Gasteiger partial charge on any atom is 0.177 e. The number of halogens is 1. The van der Waals surface area contributed by atoms with Gasteiger partial charge < -0.3 is 9.15 Å². The van der Waals surface area contributed by atoms with E-state index in [1.165, 1.54) is 0 Å². The summed E-state index contributed by atoms with van der Waals surface area (Å²) < 4.78 is 10.7. The fourth-order valence-electron chi connectivity index (χ4n) is 1.69. The predicted octanol–water partition coefficient (Wildman–Crippen LogP) is 3.47. The molecule has 16 heavy (non-hydrogen) atoms. The molecule has 0 aliphatic rings. The van der Waals surface area contributed by atoms with E-state index < -0.39 is 0 Å². The number of nitriles is 1. The normalized spacial score (nSPS) is 10.4. The molecule has 0 saturated heterocycles. The first kappa shape index (κ1) is 10.8. The number of hydrogen-bond donors (Lipinski definition) is 0. The Bertz CT molecular complexity index is 581. The lowest BCUT2D eigenvalue weighted by molar-refractivity contribution is 0.408. The van der Waals surface area contributed by atoms with E-state index in [0.717, 1.165) is 16.7 Å². The van der Waals surface area contributed by atoms with Crippen molar-refractivity contribution in [2.45, 2.75) is 13.3 Å². The topological polar surface area (TPSA) is 46.2 Å². The molecule has 0 radical (unpaired) electrons. The second-order valence-corrected chi connectivity index (χ2v) is 3.86. The van der Waals surface area contributed by atoms with Gasteiger partial charge in [0.2, 0.25) is 0 Å². The smallest absolute Gasteiger partial charge is 0.177 e. The summed E-state index contributed by atoms with van der Waals surface area (Å²) in [5.41, 5.74) is 1.39. The zero-order valence-corrected chi connectivity index (χ0v) is 9.76. The molecule has 0 aliphatic heterocycles. The molecule has 0 unspecified atom stereocenters. The van der Waals surface area contributed by atoms with Crippen LogP contribution < -0.4 is 4.74 Å². The zero-order chi connectivity index (χ0) is 11.7. The van der Waals surface area contributed by atoms with Crippen LogP contribution in [-0.4, -0.2) is 7.11 Å². The van der Waals surface area contributed by atoms with Crippen molar-refractivity contribution in [3.63, 3.8) is 0 Å². The third-order valence-corrected chi connectivity index (χ3v) is 2.84. The molecule has 2 rings (SSSR count). The van der Waals surface area contributed by atoms with Crippen LogP contribution >= 0.6 is 11.6 Å². The van der Waals surface area contributed by atoms with Gasteiger partial charge in [-0.25, -0.2) is 0 Å². The summed E-state index contributed by atoms with van der Waals surface area (Å²) in [4.78, 5) is 0. The van der Waals surface area contributed by atoms with Crippen LogP contribution in [0.2, 0.25) is 5.02 Å². The average molecular weight is 236 g/mol. The van der Waals surface area contributed by atoms with Gasteiger partial charge in [0.15, 0.2) is 11.3 Å². The molecular formula is C12H10ClNO2. The lowest BCUT2D eigenvalue weighted by atomic mass is 10.1. The Labute approximate surface area is 98.2 Å². The highest BCUT2D eigenvalue weighted by Crippen LogP contribution is 2.36. The minimum absolute atomic E-state index is 0.259. The van der Waals surface area contributed by atoms with Gasteiger partial charge in [-0.2, -0.15) is 5.26 Å². The Morgan fingerprint density at radius 3 is 2.88 bits per heavy atom. The van der Waals surface area contributed by atoms with Gasteiger partial charge in [-0.3, -0.25) is 0 Å². The van der Waals surface area contributed by atoms with Crippen molar-refractivity contribution in [3.8, 4) is 11.8 Å². The monoisotopic (exact) mass is 235 g/mol. The number of methoxy groups -OCH3 is 1. The molecule has 0 spiro atoms. The number of fused-ring (bicyclic) bond motifs is 1. The third-order valence-electron chi connectivity index (χ3n) is 2.39. The highest BCUT2D eigenvalue weighted by molar-refractivity contribution is 6.36. The summed E-state index contributed by atoms with van der Waals surface area (Å²) in [6.07, 6.45) is 0.259. The summed E-state index contributed by atoms with van der Waals surface area (Å²) in [5, 5.41) is 10.1. The predicted molar refractivity (Wildman–Crippen MR) is 61.8 cm³/mol. The van der Waals surface area contributed by atoms with Crippen molar-refractivity contribution in [1.29, 1.82) is 5.26 Å². The summed E-state index contributed by atoms with van der Waals surface area (Å²) >= 11 is 6.20. The molecule has 1 aromatic heterocycles. The van der Waals surface area contributed by atoms with Crippen molar-refractivity contribution in [1.82, 2.24) is 0 Å². The van der Waals surface area contributed by atoms with Gasteiger partial charge in [-0.1, -0.05) is 11.6 Å². The van der Waals surface area contributed by atoms with Crippen LogP contribution in [0.25, 0.3) is 11.0 Å². The highest BCUT2D eigenvalue weighted by atomic mass is 35.5. The van der Waals surface area contributed by atoms with Gasteiger partial charge in [0.05, 0.1) is 24.6 Å². The molecule has 1 aromatic carbocycles. The lowest BCUT2D eigenvalue weighted by Crippen LogP contribution is -1.89. The molecule has 0 bridgehead atoms. The van der Waals surface area contributed by atoms with E-state index in [2.05, 4.69) is 6.07 Å². The van der Waals surface area contributed by atoms with Crippen LogP contribution in [0.3, 0.4) is 0 Å². The standard InChI is InChI=1S/C12H10ClNO2/c1-7-5-9-11(13)8(3-4-14)6-10(15-2)12(9)16-7/h5-6H,3H2,1-2H3. The van der Waals surface area contributed by atoms with Gasteiger partial charge in [-0.05, 0) is 24.6 Å². The van der Waals surface area contributed by atoms with Gasteiger partial charge in [0.25, 0.3) is 0 Å². The largest absolute Gasteiger partial charge is 0.493 e. The molecule has 2 aromatic rings. The van der Waals surface area contributed by atoms with Crippen LogP contribution in [0.15, 0.2) is 16.5 Å². The fourth-order valence-corrected chi connectivity index (χ4v) is 1.95. The van der Waals surface area contributed by atoms with Crippen molar-refractivity contribution >= 4 is 22.6 Å². The summed E-state index contributed by atoms with van der Waals surface area (Å²) in [6.45, 7) is 1.85. The first-order valence-electron chi connectivity index (χ1n) is 4.80. The van der Waals surface area contributed by atoms with Crippen molar-refractivity contribution in [2.75, 3.05) is 7.11 Å². The molecule has 0 amide bonds. The SMILES string of the molecule is COc1cc(CC#N)c(Cl)c2cc(C)oc12. The van der Waals surface area contributed by atoms with E-state index in [1.54, 1.807) is 13.2 Å². The summed E-state index contributed by atoms with van der Waals surface area (Å²) in [6, 6.07) is 5.67. The van der Waals surface area contributed by atoms with Crippen molar-refractivity contribution < 1.29 is 9.15 Å². The molecule has 4 heteroatoms. The van der Waals surface area contributed by atoms with Crippen LogP contribution in [-0.2, 0) is 6.42 Å². The molecule has 0 atom stereocenters. The van der Waals surface area contributed by atoms with Gasteiger partial charge in [-0.15, -0.1) is 0 Å². The maximum absolute atomic E-state index is 8.71. The van der Waals surface area contributed by atoms with Crippen LogP contribution in [0.5, 0.6) is 5.75 Å². The van der Waals surface area contributed by atoms with Gasteiger partial charge in [0, 0.05) is 5.39 Å². The van der Waals surface area contributed by atoms with Gasteiger partial charge >= 0.3 is 0 Å². The number of ether oxygens (including phenoxy) is 1. The van der Waals surface area contributed by atoms with E-state index in [4.69, 9.17) is 26.0 Å². The Kier molecular flexibility index (Phi) is 2.76. The quantitative estimate of drug-likeness (QED) is 0.801. The summed E-state index contributed by atoms with van der Waals surface area (Å²) in [7, 11) is 1.57. The van der Waals surface area contributed by atoms with Crippen LogP contribution in [0.1, 0.15) is 11.3 Å². The fraction of sp³-hybridized carbons (Fsp3) is 0.250. The third kappa shape index (κ3) is 1.62. The molecule has 0 saturated carbocycles. The molecule has 82 valence electrons. The molecule has 3 nitrogen and oxygen atoms in total. The molecule has 0 N–H and O–H groups in total. The number of nitrogens with zero attached hydrogens (tertiary/aromatic N) is 1. The van der Waals surface area contributed by atoms with Crippen LogP contribution in [0, 0.1) is 18.3 Å². The van der Waals surface area contributed by atoms with E-state index >= 15 is 0 Å². The number of rotatable bonds is 2. The van der Waals surface area contributed by atoms with Crippen LogP contribution in [0.4, 0.5) is 0 Å². The highest BCUT2D eigenvalue weighted by Gasteiger charge is 2.14. The number of benzene rings is 1. The summed E-state index contributed by atoms with van der Waals surface area (Å²) in [5.74, 6) is 1.38. The first-order chi connectivity index (χ1) is 7.67. The second kappa shape index (κ2) is 4.07. The van der Waals surface area contributed by atoms with E-state index in [1.807, 2.05) is 13.0 Å². The van der Waals surface area contributed by atoms with Gasteiger partial charge in [0.1, 0.15) is 5.76 Å². The van der Waals surface area contributed by atoms with E-state index in [0.29, 0.717) is 16.4 Å². The number of hydrogen-bond acceptors (Lipinski definition) is 3. The lowest BCUT2D eigenvalue weighted by Gasteiger charge is -2.05. The maximum atomic E-state index is 8.71. The minimum atomic E-state index is 0.259.